The van der Waals surface area contributed by atoms with E-state index in [0.717, 1.165) is 0 Å². The molecule has 5 heteroatoms. The van der Waals surface area contributed by atoms with E-state index in [-0.39, 0.29) is 18.5 Å². The summed E-state index contributed by atoms with van der Waals surface area (Å²) in [6.45, 7) is 2.18. The largest absolute Gasteiger partial charge is 0.395 e. The van der Waals surface area contributed by atoms with Gasteiger partial charge in [0.2, 0.25) is 0 Å². The highest BCUT2D eigenvalue weighted by molar-refractivity contribution is 5.37. The first kappa shape index (κ1) is 13.0. The highest BCUT2D eigenvalue weighted by atomic mass is 19.1. The molecule has 4 nitrogen and oxygen atoms in total. The minimum absolute atomic E-state index is 0.00278. The molecule has 0 aliphatic carbocycles. The lowest BCUT2D eigenvalue weighted by Gasteiger charge is -2.34. The fraction of sp³-hybridized carbons (Fsp3) is 0.462. The highest BCUT2D eigenvalue weighted by Crippen LogP contribution is 2.16. The first-order chi connectivity index (χ1) is 8.74. The van der Waals surface area contributed by atoms with E-state index in [0.29, 0.717) is 37.4 Å². The van der Waals surface area contributed by atoms with Crippen molar-refractivity contribution in [3.63, 3.8) is 0 Å². The summed E-state index contributed by atoms with van der Waals surface area (Å²) in [5.74, 6) is -0.349. The molecule has 1 unspecified atom stereocenters. The average molecular weight is 250 g/mol. The van der Waals surface area contributed by atoms with E-state index in [1.807, 2.05) is 4.90 Å². The van der Waals surface area contributed by atoms with Crippen LogP contribution in [0.1, 0.15) is 11.1 Å². The third-order valence-electron chi connectivity index (χ3n) is 3.12. The molecular weight excluding hydrogens is 235 g/mol. The molecular formula is C13H15FN2O2. The van der Waals surface area contributed by atoms with Crippen molar-refractivity contribution >= 4 is 0 Å². The molecule has 1 aromatic rings. The van der Waals surface area contributed by atoms with Crippen LogP contribution in [0.5, 0.6) is 0 Å². The number of hydrogen-bond acceptors (Lipinski definition) is 4. The standard InChI is InChI=1S/C13H15FN2O2/c14-12-2-1-10(6-15)11(5-12)7-16-3-4-18-9-13(16)8-17/h1-2,5,13,17H,3-4,7-9H2. The number of aliphatic hydroxyl groups excluding tert-OH is 1. The molecule has 1 N–H and O–H groups in total. The van der Waals surface area contributed by atoms with Gasteiger partial charge in [-0.3, -0.25) is 4.90 Å². The van der Waals surface area contributed by atoms with Crippen LogP contribution in [0, 0.1) is 17.1 Å². The van der Waals surface area contributed by atoms with Gasteiger partial charge in [-0.1, -0.05) is 0 Å². The summed E-state index contributed by atoms with van der Waals surface area (Å²) in [6, 6.07) is 6.11. The first-order valence-corrected chi connectivity index (χ1v) is 5.85. The molecule has 0 saturated carbocycles. The number of rotatable bonds is 3. The maximum Gasteiger partial charge on any atom is 0.123 e. The van der Waals surface area contributed by atoms with E-state index in [4.69, 9.17) is 10.00 Å². The Hall–Kier alpha value is -1.48. The molecule has 0 spiro atoms. The van der Waals surface area contributed by atoms with Crippen molar-refractivity contribution in [2.45, 2.75) is 12.6 Å². The maximum atomic E-state index is 13.2. The Morgan fingerprint density at radius 1 is 1.56 bits per heavy atom. The summed E-state index contributed by atoms with van der Waals surface area (Å²) in [5, 5.41) is 18.3. The summed E-state index contributed by atoms with van der Waals surface area (Å²) >= 11 is 0. The van der Waals surface area contributed by atoms with E-state index in [9.17, 15) is 9.50 Å². The molecule has 2 rings (SSSR count). The zero-order valence-electron chi connectivity index (χ0n) is 9.97. The number of nitrogens with zero attached hydrogens (tertiary/aromatic N) is 2. The topological polar surface area (TPSA) is 56.5 Å². The van der Waals surface area contributed by atoms with Crippen LogP contribution >= 0.6 is 0 Å². The SMILES string of the molecule is N#Cc1ccc(F)cc1CN1CCOCC1CO. The fourth-order valence-corrected chi connectivity index (χ4v) is 2.09. The van der Waals surface area contributed by atoms with Crippen molar-refractivity contribution in [3.05, 3.63) is 35.1 Å². The van der Waals surface area contributed by atoms with Crippen LogP contribution in [0.15, 0.2) is 18.2 Å². The molecule has 1 heterocycles. The van der Waals surface area contributed by atoms with Gasteiger partial charge in [0.05, 0.1) is 37.5 Å². The number of halogens is 1. The van der Waals surface area contributed by atoms with Crippen LogP contribution in [-0.2, 0) is 11.3 Å². The van der Waals surface area contributed by atoms with Gasteiger partial charge < -0.3 is 9.84 Å². The summed E-state index contributed by atoms with van der Waals surface area (Å²) in [4.78, 5) is 2.01. The Morgan fingerprint density at radius 2 is 2.39 bits per heavy atom. The van der Waals surface area contributed by atoms with E-state index in [2.05, 4.69) is 6.07 Å². The van der Waals surface area contributed by atoms with E-state index >= 15 is 0 Å². The number of ether oxygens (including phenoxy) is 1. The lowest BCUT2D eigenvalue weighted by atomic mass is 10.1. The van der Waals surface area contributed by atoms with Gasteiger partial charge >= 0.3 is 0 Å². The number of aliphatic hydroxyl groups is 1. The van der Waals surface area contributed by atoms with Crippen molar-refractivity contribution < 1.29 is 14.2 Å². The minimum atomic E-state index is -0.349. The van der Waals surface area contributed by atoms with Gasteiger partial charge in [0.15, 0.2) is 0 Å². The Kier molecular flexibility index (Phi) is 4.26. The molecule has 1 aliphatic heterocycles. The predicted molar refractivity (Wildman–Crippen MR) is 63.2 cm³/mol. The van der Waals surface area contributed by atoms with Crippen molar-refractivity contribution in [1.82, 2.24) is 4.90 Å². The highest BCUT2D eigenvalue weighted by Gasteiger charge is 2.23. The molecule has 1 aromatic carbocycles. The minimum Gasteiger partial charge on any atom is -0.395 e. The van der Waals surface area contributed by atoms with Crippen molar-refractivity contribution in [3.8, 4) is 6.07 Å². The number of hydrogen-bond donors (Lipinski definition) is 1. The Balaban J connectivity index is 2.17. The first-order valence-electron chi connectivity index (χ1n) is 5.85. The van der Waals surface area contributed by atoms with Gasteiger partial charge in [-0.15, -0.1) is 0 Å². The average Bonchev–Trinajstić information content (AvgIpc) is 2.40. The molecule has 1 fully saturated rings. The molecule has 0 amide bonds. The summed E-state index contributed by atoms with van der Waals surface area (Å²) in [6.07, 6.45) is 0. The fourth-order valence-electron chi connectivity index (χ4n) is 2.09. The second-order valence-electron chi connectivity index (χ2n) is 4.30. The summed E-state index contributed by atoms with van der Waals surface area (Å²) in [5.41, 5.74) is 1.12. The molecule has 0 bridgehead atoms. The summed E-state index contributed by atoms with van der Waals surface area (Å²) < 4.78 is 18.5. The number of benzene rings is 1. The van der Waals surface area contributed by atoms with E-state index < -0.39 is 0 Å². The zero-order valence-corrected chi connectivity index (χ0v) is 9.97. The number of morpholine rings is 1. The van der Waals surface area contributed by atoms with Crippen LogP contribution < -0.4 is 0 Å². The number of nitriles is 1. The normalized spacial score (nSPS) is 20.6. The van der Waals surface area contributed by atoms with Crippen LogP contribution in [0.2, 0.25) is 0 Å². The third kappa shape index (κ3) is 2.85. The Labute approximate surface area is 105 Å². The van der Waals surface area contributed by atoms with Crippen molar-refractivity contribution in [2.24, 2.45) is 0 Å². The quantitative estimate of drug-likeness (QED) is 0.865. The van der Waals surface area contributed by atoms with Gasteiger partial charge in [-0.05, 0) is 23.8 Å². The van der Waals surface area contributed by atoms with Gasteiger partial charge in [-0.2, -0.15) is 5.26 Å². The second kappa shape index (κ2) is 5.91. The van der Waals surface area contributed by atoms with Crippen LogP contribution in [0.25, 0.3) is 0 Å². The van der Waals surface area contributed by atoms with Gasteiger partial charge in [0.1, 0.15) is 5.82 Å². The lowest BCUT2D eigenvalue weighted by Crippen LogP contribution is -2.46. The van der Waals surface area contributed by atoms with Crippen LogP contribution in [0.4, 0.5) is 4.39 Å². The second-order valence-corrected chi connectivity index (χ2v) is 4.30. The molecule has 1 saturated heterocycles. The lowest BCUT2D eigenvalue weighted by molar-refractivity contribution is -0.0313. The van der Waals surface area contributed by atoms with Gasteiger partial charge in [0, 0.05) is 13.1 Å². The van der Waals surface area contributed by atoms with Gasteiger partial charge in [0.25, 0.3) is 0 Å². The van der Waals surface area contributed by atoms with Crippen LogP contribution in [-0.4, -0.2) is 42.4 Å². The third-order valence-corrected chi connectivity index (χ3v) is 3.12. The smallest absolute Gasteiger partial charge is 0.123 e. The molecule has 0 radical (unpaired) electrons. The van der Waals surface area contributed by atoms with Crippen molar-refractivity contribution in [2.75, 3.05) is 26.4 Å². The Morgan fingerprint density at radius 3 is 3.11 bits per heavy atom. The zero-order chi connectivity index (χ0) is 13.0. The molecule has 1 atom stereocenters. The molecule has 18 heavy (non-hydrogen) atoms. The van der Waals surface area contributed by atoms with Crippen LogP contribution in [0.3, 0.4) is 0 Å². The van der Waals surface area contributed by atoms with Crippen molar-refractivity contribution in [1.29, 1.82) is 5.26 Å². The predicted octanol–water partition coefficient (Wildman–Crippen LogP) is 0.890. The molecule has 0 aromatic heterocycles. The Bertz CT molecular complexity index is 459. The van der Waals surface area contributed by atoms with Gasteiger partial charge in [-0.25, -0.2) is 4.39 Å². The van der Waals surface area contributed by atoms with E-state index in [1.54, 1.807) is 0 Å². The maximum absolute atomic E-state index is 13.2. The molecule has 1 aliphatic rings. The summed E-state index contributed by atoms with van der Waals surface area (Å²) in [7, 11) is 0. The monoisotopic (exact) mass is 250 g/mol. The van der Waals surface area contributed by atoms with E-state index in [1.165, 1.54) is 18.2 Å². The molecule has 96 valence electrons.